The van der Waals surface area contributed by atoms with Crippen molar-refractivity contribution in [3.05, 3.63) is 60.0 Å². The van der Waals surface area contributed by atoms with Gasteiger partial charge in [-0.15, -0.1) is 0 Å². The van der Waals surface area contributed by atoms with Crippen LogP contribution in [0.1, 0.15) is 39.7 Å². The number of allylic oxidation sites excluding steroid dienone is 3. The molecule has 6 heteroatoms. The molecular formula is C22H29N2O3S+. The number of hydrogen-bond acceptors (Lipinski definition) is 3. The first kappa shape index (κ1) is 20.6. The molecule has 0 aliphatic carbocycles. The maximum Gasteiger partial charge on any atom is 0.294 e. The standard InChI is InChI=1S/C22H28N2O3S/c1-14-15(2)23(7)19(21(14,3)4)11-12-20-22(5,6)17-13-16(28(25,26)27)9-10-18(17)24(20)8/h9-10,12-13H,1-2,11H2,3-8H3/p+1. The molecule has 0 atom stereocenters. The number of likely N-dealkylation sites (N-methyl/N-ethyl adjacent to an activating group) is 2. The summed E-state index contributed by atoms with van der Waals surface area (Å²) in [6.07, 6.45) is 2.94. The normalized spacial score (nSPS) is 22.4. The monoisotopic (exact) mass is 401 g/mol. The molecular weight excluding hydrogens is 372 g/mol. The predicted molar refractivity (Wildman–Crippen MR) is 114 cm³/mol. The minimum Gasteiger partial charge on any atom is -0.347 e. The summed E-state index contributed by atoms with van der Waals surface area (Å²) in [4.78, 5) is 2.02. The van der Waals surface area contributed by atoms with Gasteiger partial charge in [0, 0.05) is 35.8 Å². The Morgan fingerprint density at radius 1 is 1.18 bits per heavy atom. The predicted octanol–water partition coefficient (Wildman–Crippen LogP) is 4.13. The zero-order valence-electron chi connectivity index (χ0n) is 17.5. The Bertz CT molecular complexity index is 1070. The van der Waals surface area contributed by atoms with E-state index in [9.17, 15) is 13.0 Å². The molecule has 0 unspecified atom stereocenters. The van der Waals surface area contributed by atoms with Crippen LogP contribution >= 0.6 is 0 Å². The third kappa shape index (κ3) is 2.86. The molecule has 28 heavy (non-hydrogen) atoms. The van der Waals surface area contributed by atoms with Gasteiger partial charge >= 0.3 is 0 Å². The van der Waals surface area contributed by atoms with Crippen molar-refractivity contribution in [2.24, 2.45) is 5.41 Å². The van der Waals surface area contributed by atoms with Crippen LogP contribution in [-0.4, -0.2) is 37.4 Å². The van der Waals surface area contributed by atoms with Crippen LogP contribution < -0.4 is 4.90 Å². The van der Waals surface area contributed by atoms with Crippen LogP contribution in [0, 0.1) is 5.41 Å². The molecule has 0 spiro atoms. The first-order valence-corrected chi connectivity index (χ1v) is 10.7. The number of rotatable bonds is 3. The van der Waals surface area contributed by atoms with Crippen molar-refractivity contribution in [1.82, 2.24) is 0 Å². The molecule has 0 radical (unpaired) electrons. The molecule has 0 fully saturated rings. The lowest BCUT2D eigenvalue weighted by Gasteiger charge is -2.25. The van der Waals surface area contributed by atoms with Gasteiger partial charge in [-0.2, -0.15) is 8.42 Å². The van der Waals surface area contributed by atoms with Gasteiger partial charge in [-0.05, 0) is 44.2 Å². The van der Waals surface area contributed by atoms with Crippen LogP contribution in [0.15, 0.2) is 59.3 Å². The number of hydrogen-bond donors (Lipinski definition) is 1. The molecule has 2 heterocycles. The van der Waals surface area contributed by atoms with Crippen molar-refractivity contribution in [2.45, 2.75) is 44.4 Å². The largest absolute Gasteiger partial charge is 0.347 e. The highest BCUT2D eigenvalue weighted by molar-refractivity contribution is 7.85. The van der Waals surface area contributed by atoms with Crippen molar-refractivity contribution in [3.63, 3.8) is 0 Å². The van der Waals surface area contributed by atoms with Gasteiger partial charge in [0.05, 0.1) is 10.3 Å². The number of fused-ring (bicyclic) bond motifs is 1. The van der Waals surface area contributed by atoms with Crippen LogP contribution in [0.25, 0.3) is 0 Å². The van der Waals surface area contributed by atoms with Crippen molar-refractivity contribution < 1.29 is 17.5 Å². The molecule has 1 N–H and O–H groups in total. The van der Waals surface area contributed by atoms with Crippen molar-refractivity contribution in [3.8, 4) is 0 Å². The molecule has 5 nitrogen and oxygen atoms in total. The average molecular weight is 402 g/mol. The molecule has 0 saturated heterocycles. The Morgan fingerprint density at radius 3 is 2.29 bits per heavy atom. The maximum atomic E-state index is 11.6. The van der Waals surface area contributed by atoms with E-state index >= 15 is 0 Å². The lowest BCUT2D eigenvalue weighted by atomic mass is 9.79. The van der Waals surface area contributed by atoms with Gasteiger partial charge in [-0.25, -0.2) is 4.58 Å². The Morgan fingerprint density at radius 2 is 1.79 bits per heavy atom. The fourth-order valence-electron chi connectivity index (χ4n) is 4.45. The Labute approximate surface area is 168 Å². The van der Waals surface area contributed by atoms with Crippen LogP contribution in [0.4, 0.5) is 5.69 Å². The molecule has 150 valence electrons. The first-order chi connectivity index (χ1) is 12.7. The zero-order chi connectivity index (χ0) is 21.2. The van der Waals surface area contributed by atoms with Crippen molar-refractivity contribution >= 4 is 21.5 Å². The maximum absolute atomic E-state index is 11.6. The van der Waals surface area contributed by atoms with Gasteiger partial charge in [0.1, 0.15) is 7.05 Å². The van der Waals surface area contributed by atoms with Gasteiger partial charge in [0.2, 0.25) is 5.70 Å². The van der Waals surface area contributed by atoms with Gasteiger partial charge in [-0.3, -0.25) is 4.55 Å². The van der Waals surface area contributed by atoms with Crippen LogP contribution in [-0.2, 0) is 15.5 Å². The third-order valence-corrected chi connectivity index (χ3v) is 7.27. The molecule has 1 aromatic rings. The highest BCUT2D eigenvalue weighted by Crippen LogP contribution is 2.48. The molecule has 0 bridgehead atoms. The van der Waals surface area contributed by atoms with Gasteiger partial charge in [0.25, 0.3) is 10.1 Å². The van der Waals surface area contributed by atoms with Gasteiger partial charge in [0.15, 0.2) is 5.71 Å². The van der Waals surface area contributed by atoms with E-state index < -0.39 is 10.1 Å². The number of benzene rings is 1. The molecule has 0 amide bonds. The fraction of sp³-hybridized carbons (Fsp3) is 0.409. The van der Waals surface area contributed by atoms with E-state index in [1.54, 1.807) is 12.1 Å². The highest BCUT2D eigenvalue weighted by Gasteiger charge is 2.45. The number of nitrogens with zero attached hydrogens (tertiary/aromatic N) is 2. The molecule has 3 rings (SSSR count). The highest BCUT2D eigenvalue weighted by atomic mass is 32.2. The summed E-state index contributed by atoms with van der Waals surface area (Å²) >= 11 is 0. The smallest absolute Gasteiger partial charge is 0.294 e. The van der Waals surface area contributed by atoms with E-state index in [1.165, 1.54) is 11.8 Å². The third-order valence-electron chi connectivity index (χ3n) is 6.43. The van der Waals surface area contributed by atoms with E-state index in [1.807, 2.05) is 14.1 Å². The van der Waals surface area contributed by atoms with E-state index in [0.717, 1.165) is 34.6 Å². The number of anilines is 1. The summed E-state index contributed by atoms with van der Waals surface area (Å²) in [6, 6.07) is 4.77. The SMILES string of the molecule is C=C1C(=C)C(C)(C)C(CC=C2N(C)c3ccc(S(=O)(=O)O)cc3C2(C)C)=[N+]1C. The second-order valence-corrected chi connectivity index (χ2v) is 10.1. The first-order valence-electron chi connectivity index (χ1n) is 9.25. The quantitative estimate of drug-likeness (QED) is 0.611. The molecule has 0 saturated carbocycles. The van der Waals surface area contributed by atoms with Crippen molar-refractivity contribution in [1.29, 1.82) is 0 Å². The summed E-state index contributed by atoms with van der Waals surface area (Å²) in [5, 5.41) is 0. The summed E-state index contributed by atoms with van der Waals surface area (Å²) in [5.41, 5.74) is 5.58. The van der Waals surface area contributed by atoms with Gasteiger partial charge in [-0.1, -0.05) is 26.5 Å². The summed E-state index contributed by atoms with van der Waals surface area (Å²) < 4.78 is 34.7. The summed E-state index contributed by atoms with van der Waals surface area (Å²) in [6.45, 7) is 16.8. The van der Waals surface area contributed by atoms with Crippen LogP contribution in [0.3, 0.4) is 0 Å². The lowest BCUT2D eigenvalue weighted by molar-refractivity contribution is -0.435. The second-order valence-electron chi connectivity index (χ2n) is 8.69. The Balaban J connectivity index is 2.04. The Hall–Kier alpha value is -2.18. The van der Waals surface area contributed by atoms with Gasteiger partial charge < -0.3 is 4.90 Å². The second kappa shape index (κ2) is 6.16. The molecule has 1 aromatic carbocycles. The van der Waals surface area contributed by atoms with E-state index in [4.69, 9.17) is 0 Å². The fourth-order valence-corrected chi connectivity index (χ4v) is 4.96. The van der Waals surface area contributed by atoms with E-state index in [2.05, 4.69) is 56.4 Å². The van der Waals surface area contributed by atoms with E-state index in [0.29, 0.717) is 0 Å². The Kier molecular flexibility index (Phi) is 4.52. The average Bonchev–Trinajstić information content (AvgIpc) is 2.87. The summed E-state index contributed by atoms with van der Waals surface area (Å²) in [7, 11) is -0.233. The molecule has 2 aliphatic heterocycles. The zero-order valence-corrected chi connectivity index (χ0v) is 18.3. The topological polar surface area (TPSA) is 60.6 Å². The minimum absolute atomic E-state index is 0.0763. The molecule has 2 aliphatic rings. The minimum atomic E-state index is -4.24. The van der Waals surface area contributed by atoms with E-state index in [-0.39, 0.29) is 15.7 Å². The lowest BCUT2D eigenvalue weighted by Crippen LogP contribution is -2.26. The summed E-state index contributed by atoms with van der Waals surface area (Å²) in [5.74, 6) is 0. The van der Waals surface area contributed by atoms with Crippen molar-refractivity contribution in [2.75, 3.05) is 19.0 Å². The van der Waals surface area contributed by atoms with Crippen LogP contribution in [0.2, 0.25) is 0 Å². The van der Waals surface area contributed by atoms with Crippen LogP contribution in [0.5, 0.6) is 0 Å². The molecule has 0 aromatic heterocycles.